The molecule has 10 heteroatoms. The Balaban J connectivity index is 1.03. The third kappa shape index (κ3) is 7.80. The van der Waals surface area contributed by atoms with Gasteiger partial charge in [-0.15, -0.1) is 0 Å². The molecule has 0 radical (unpaired) electrons. The van der Waals surface area contributed by atoms with Gasteiger partial charge in [0.2, 0.25) is 0 Å². The highest BCUT2D eigenvalue weighted by Gasteiger charge is 2.36. The molecule has 0 aliphatic carbocycles. The summed E-state index contributed by atoms with van der Waals surface area (Å²) in [7, 11) is 0. The van der Waals surface area contributed by atoms with E-state index in [0.29, 0.717) is 13.1 Å². The lowest BCUT2D eigenvalue weighted by atomic mass is 10.0. The molecule has 2 atom stereocenters. The van der Waals surface area contributed by atoms with E-state index in [-0.39, 0.29) is 24.3 Å². The Labute approximate surface area is 277 Å². The van der Waals surface area contributed by atoms with Crippen LogP contribution in [0.2, 0.25) is 0 Å². The number of fused-ring (bicyclic) bond motifs is 1. The molecule has 0 bridgehead atoms. The number of likely N-dealkylation sites (tertiary alicyclic amines) is 2. The number of carbonyl (C=O) groups excluding carboxylic acids is 2. The number of ether oxygens (including phenoxy) is 2. The predicted octanol–water partition coefficient (Wildman–Crippen LogP) is 8.27. The second-order valence-corrected chi connectivity index (χ2v) is 14.9. The largest absolute Gasteiger partial charge is 0.444 e. The second-order valence-electron chi connectivity index (χ2n) is 14.9. The molecule has 0 saturated carbocycles. The first-order valence-corrected chi connectivity index (χ1v) is 16.9. The van der Waals surface area contributed by atoms with Gasteiger partial charge in [-0.1, -0.05) is 30.3 Å². The molecule has 10 nitrogen and oxygen atoms in total. The van der Waals surface area contributed by atoms with Crippen LogP contribution in [0, 0.1) is 0 Å². The number of rotatable bonds is 7. The van der Waals surface area contributed by atoms with Gasteiger partial charge in [-0.3, -0.25) is 9.80 Å². The van der Waals surface area contributed by atoms with Gasteiger partial charge in [0.1, 0.15) is 22.9 Å². The fourth-order valence-corrected chi connectivity index (χ4v) is 6.56. The molecule has 250 valence electrons. The predicted molar refractivity (Wildman–Crippen MR) is 182 cm³/mol. The fraction of sp³-hybridized carbons (Fsp3) is 0.514. The Hall–Kier alpha value is -4.34. The van der Waals surface area contributed by atoms with Crippen LogP contribution in [-0.4, -0.2) is 66.2 Å². The highest BCUT2D eigenvalue weighted by molar-refractivity contribution is 5.76. The maximum absolute atomic E-state index is 12.8. The topological polar surface area (TPSA) is 116 Å². The van der Waals surface area contributed by atoms with E-state index in [2.05, 4.69) is 57.4 Å². The van der Waals surface area contributed by atoms with Crippen LogP contribution in [0.15, 0.2) is 48.7 Å². The molecule has 2 aliphatic heterocycles. The van der Waals surface area contributed by atoms with Crippen molar-refractivity contribution < 1.29 is 19.1 Å². The summed E-state index contributed by atoms with van der Waals surface area (Å²) in [5.41, 5.74) is 5.42. The number of aryl methyl sites for hydroxylation is 2. The average Bonchev–Trinajstić information content (AvgIpc) is 3.81. The number of hydrogen-bond acceptors (Lipinski definition) is 6. The Kier molecular flexibility index (Phi) is 9.05. The molecule has 2 amide bonds. The third-order valence-electron chi connectivity index (χ3n) is 8.75. The first-order chi connectivity index (χ1) is 22.3. The number of aromatic nitrogens is 4. The van der Waals surface area contributed by atoms with E-state index < -0.39 is 11.2 Å². The summed E-state index contributed by atoms with van der Waals surface area (Å²) in [5, 5.41) is 0. The number of amides is 2. The van der Waals surface area contributed by atoms with Crippen molar-refractivity contribution >= 4 is 23.2 Å². The standard InChI is InChI=1S/C37H48N6O4/c1-36(2,3)46-34(44)42-20-8-12-30(42)32-38-23-29(41-32)26-17-14-24(15-18-26)10-7-11-25-16-19-27-28(22-25)40-33(39-27)31-13-9-21-43(31)35(45)47-37(4,5)6/h14-19,22-23,30-31H,7-13,20-21H2,1-6H3,(H,38,41)(H,39,40)/t30?,31-/m0/s1. The molecule has 6 rings (SSSR count). The summed E-state index contributed by atoms with van der Waals surface area (Å²) in [6.07, 6.45) is 7.84. The molecular weight excluding hydrogens is 592 g/mol. The van der Waals surface area contributed by atoms with Crippen molar-refractivity contribution in [3.63, 3.8) is 0 Å². The monoisotopic (exact) mass is 640 g/mol. The van der Waals surface area contributed by atoms with Gasteiger partial charge in [-0.05, 0) is 115 Å². The summed E-state index contributed by atoms with van der Waals surface area (Å²) >= 11 is 0. The first-order valence-electron chi connectivity index (χ1n) is 16.9. The van der Waals surface area contributed by atoms with Gasteiger partial charge in [0.15, 0.2) is 0 Å². The third-order valence-corrected chi connectivity index (χ3v) is 8.75. The minimum atomic E-state index is -0.527. The normalized spacial score (nSPS) is 18.7. The highest BCUT2D eigenvalue weighted by Crippen LogP contribution is 2.34. The van der Waals surface area contributed by atoms with E-state index in [9.17, 15) is 9.59 Å². The number of benzene rings is 2. The second kappa shape index (κ2) is 13.0. The molecule has 2 aromatic heterocycles. The zero-order chi connectivity index (χ0) is 33.3. The number of nitrogens with zero attached hydrogens (tertiary/aromatic N) is 4. The van der Waals surface area contributed by atoms with Crippen LogP contribution >= 0.6 is 0 Å². The molecule has 1 unspecified atom stereocenters. The average molecular weight is 641 g/mol. The summed E-state index contributed by atoms with van der Waals surface area (Å²) in [5.74, 6) is 1.63. The molecule has 4 aromatic rings. The van der Waals surface area contributed by atoms with Crippen molar-refractivity contribution in [2.75, 3.05) is 13.1 Å². The molecule has 2 aromatic carbocycles. The van der Waals surface area contributed by atoms with Gasteiger partial charge in [0, 0.05) is 13.1 Å². The molecule has 0 spiro atoms. The lowest BCUT2D eigenvalue weighted by Gasteiger charge is -2.27. The van der Waals surface area contributed by atoms with Crippen molar-refractivity contribution in [2.24, 2.45) is 0 Å². The molecule has 2 fully saturated rings. The van der Waals surface area contributed by atoms with Crippen LogP contribution in [0.5, 0.6) is 0 Å². The van der Waals surface area contributed by atoms with Crippen LogP contribution in [0.25, 0.3) is 22.3 Å². The van der Waals surface area contributed by atoms with E-state index in [4.69, 9.17) is 14.5 Å². The Morgan fingerprint density at radius 3 is 1.98 bits per heavy atom. The van der Waals surface area contributed by atoms with Crippen molar-refractivity contribution in [1.29, 1.82) is 0 Å². The van der Waals surface area contributed by atoms with Crippen LogP contribution in [0.1, 0.15) is 109 Å². The lowest BCUT2D eigenvalue weighted by Crippen LogP contribution is -2.36. The van der Waals surface area contributed by atoms with Crippen LogP contribution < -0.4 is 0 Å². The van der Waals surface area contributed by atoms with E-state index in [1.807, 2.05) is 47.7 Å². The Bertz CT molecular complexity index is 1710. The molecule has 47 heavy (non-hydrogen) atoms. The highest BCUT2D eigenvalue weighted by atomic mass is 16.6. The molecule has 4 heterocycles. The first kappa shape index (κ1) is 32.6. The number of carbonyl (C=O) groups is 2. The molecule has 2 saturated heterocycles. The summed E-state index contributed by atoms with van der Waals surface area (Å²) in [4.78, 5) is 45.6. The van der Waals surface area contributed by atoms with Crippen molar-refractivity contribution in [3.05, 3.63) is 71.4 Å². The summed E-state index contributed by atoms with van der Waals surface area (Å²) in [6.45, 7) is 12.7. The number of hydrogen-bond donors (Lipinski definition) is 2. The van der Waals surface area contributed by atoms with E-state index in [1.54, 1.807) is 9.80 Å². The summed E-state index contributed by atoms with van der Waals surface area (Å²) in [6, 6.07) is 14.9. The number of imidazole rings is 2. The van der Waals surface area contributed by atoms with Crippen molar-refractivity contribution in [1.82, 2.24) is 29.7 Å². The van der Waals surface area contributed by atoms with Gasteiger partial charge in [0.05, 0.1) is 35.0 Å². The van der Waals surface area contributed by atoms with Crippen LogP contribution in [0.3, 0.4) is 0 Å². The quantitative estimate of drug-likeness (QED) is 0.210. The Morgan fingerprint density at radius 1 is 0.787 bits per heavy atom. The smallest absolute Gasteiger partial charge is 0.410 e. The van der Waals surface area contributed by atoms with Crippen LogP contribution in [-0.2, 0) is 22.3 Å². The van der Waals surface area contributed by atoms with E-state index >= 15 is 0 Å². The van der Waals surface area contributed by atoms with E-state index in [0.717, 1.165) is 78.9 Å². The molecular formula is C37H48N6O4. The summed E-state index contributed by atoms with van der Waals surface area (Å²) < 4.78 is 11.3. The zero-order valence-electron chi connectivity index (χ0n) is 28.6. The maximum Gasteiger partial charge on any atom is 0.410 e. The molecule has 2 N–H and O–H groups in total. The fourth-order valence-electron chi connectivity index (χ4n) is 6.56. The number of H-pyrrole nitrogens is 2. The van der Waals surface area contributed by atoms with Gasteiger partial charge < -0.3 is 19.4 Å². The van der Waals surface area contributed by atoms with E-state index in [1.165, 1.54) is 11.1 Å². The lowest BCUT2D eigenvalue weighted by molar-refractivity contribution is 0.0208. The number of nitrogens with one attached hydrogen (secondary N) is 2. The van der Waals surface area contributed by atoms with Gasteiger partial charge >= 0.3 is 12.2 Å². The number of aromatic amines is 2. The van der Waals surface area contributed by atoms with Gasteiger partial charge in [0.25, 0.3) is 0 Å². The van der Waals surface area contributed by atoms with Gasteiger partial charge in [-0.25, -0.2) is 19.6 Å². The van der Waals surface area contributed by atoms with Crippen LogP contribution in [0.4, 0.5) is 9.59 Å². The van der Waals surface area contributed by atoms with Crippen molar-refractivity contribution in [2.45, 2.75) is 110 Å². The maximum atomic E-state index is 12.8. The van der Waals surface area contributed by atoms with Crippen molar-refractivity contribution in [3.8, 4) is 11.3 Å². The Morgan fingerprint density at radius 2 is 1.36 bits per heavy atom. The molecule has 2 aliphatic rings. The minimum Gasteiger partial charge on any atom is -0.444 e. The van der Waals surface area contributed by atoms with Gasteiger partial charge in [-0.2, -0.15) is 0 Å². The zero-order valence-corrected chi connectivity index (χ0v) is 28.6. The SMILES string of the molecule is CC(C)(C)OC(=O)N1CCCC1c1ncc(-c2ccc(CCCc3ccc4[nH]c([C@@H]5CCCN5C(=O)OC(C)(C)C)nc4c3)cc2)[nH]1. The minimum absolute atomic E-state index is 0.0911.